The van der Waals surface area contributed by atoms with Crippen molar-refractivity contribution < 1.29 is 0 Å². The Hall–Kier alpha value is -2.20. The van der Waals surface area contributed by atoms with Crippen LogP contribution in [0.4, 0.5) is 5.69 Å². The monoisotopic (exact) mass is 270 g/mol. The van der Waals surface area contributed by atoms with Crippen molar-refractivity contribution in [3.05, 3.63) is 53.4 Å². The molecule has 0 radical (unpaired) electrons. The van der Waals surface area contributed by atoms with Crippen LogP contribution in [-0.4, -0.2) is 20.7 Å². The maximum Gasteiger partial charge on any atom is 0.178 e. The highest BCUT2D eigenvalue weighted by Gasteiger charge is 2.05. The van der Waals surface area contributed by atoms with Gasteiger partial charge in [-0.3, -0.25) is 0 Å². The van der Waals surface area contributed by atoms with E-state index in [1.54, 1.807) is 6.20 Å². The van der Waals surface area contributed by atoms with Crippen LogP contribution in [0.5, 0.6) is 0 Å². The van der Waals surface area contributed by atoms with Crippen molar-refractivity contribution in [3.63, 3.8) is 0 Å². The standard InChI is InChI=1S/C14H11ClN4/c1-9(17-11-6-4-10(15)5-7-11)13-18-12-3-2-8-16-14(12)19-13/h2-8H,1H3,(H,16,18,19). The summed E-state index contributed by atoms with van der Waals surface area (Å²) in [6, 6.07) is 11.2. The van der Waals surface area contributed by atoms with Crippen molar-refractivity contribution in [1.82, 2.24) is 15.0 Å². The Balaban J connectivity index is 1.98. The van der Waals surface area contributed by atoms with Gasteiger partial charge in [0.05, 0.1) is 16.9 Å². The number of rotatable bonds is 2. The molecule has 0 unspecified atom stereocenters. The minimum Gasteiger partial charge on any atom is -0.336 e. The van der Waals surface area contributed by atoms with Crippen LogP contribution in [0.1, 0.15) is 12.7 Å². The second kappa shape index (κ2) is 4.82. The highest BCUT2D eigenvalue weighted by atomic mass is 35.5. The lowest BCUT2D eigenvalue weighted by molar-refractivity contribution is 1.25. The molecule has 1 aromatic carbocycles. The molecule has 0 saturated carbocycles. The number of aliphatic imine (C=N–C) groups is 1. The van der Waals surface area contributed by atoms with Gasteiger partial charge in [-0.05, 0) is 43.3 Å². The molecule has 0 fully saturated rings. The molecule has 2 aromatic heterocycles. The van der Waals surface area contributed by atoms with E-state index in [0.717, 1.165) is 22.7 Å². The molecule has 19 heavy (non-hydrogen) atoms. The van der Waals surface area contributed by atoms with Gasteiger partial charge in [0.1, 0.15) is 0 Å². The van der Waals surface area contributed by atoms with E-state index in [2.05, 4.69) is 19.9 Å². The Morgan fingerprint density at radius 3 is 2.74 bits per heavy atom. The average molecular weight is 271 g/mol. The quantitative estimate of drug-likeness (QED) is 0.721. The molecule has 0 bridgehead atoms. The second-order valence-electron chi connectivity index (χ2n) is 4.13. The Morgan fingerprint density at radius 1 is 1.21 bits per heavy atom. The predicted molar refractivity (Wildman–Crippen MR) is 77.2 cm³/mol. The highest BCUT2D eigenvalue weighted by Crippen LogP contribution is 2.17. The molecule has 3 rings (SSSR count). The van der Waals surface area contributed by atoms with Gasteiger partial charge in [0.2, 0.25) is 0 Å². The van der Waals surface area contributed by atoms with Gasteiger partial charge in [0, 0.05) is 11.2 Å². The first-order valence-electron chi connectivity index (χ1n) is 5.84. The van der Waals surface area contributed by atoms with Gasteiger partial charge in [-0.25, -0.2) is 15.0 Å². The molecule has 0 amide bonds. The number of hydrogen-bond donors (Lipinski definition) is 1. The molecule has 3 aromatic rings. The fourth-order valence-electron chi connectivity index (χ4n) is 1.78. The van der Waals surface area contributed by atoms with E-state index >= 15 is 0 Å². The molecule has 0 spiro atoms. The van der Waals surface area contributed by atoms with Crippen LogP contribution >= 0.6 is 11.6 Å². The normalized spacial score (nSPS) is 12.0. The summed E-state index contributed by atoms with van der Waals surface area (Å²) in [5, 5.41) is 0.699. The largest absolute Gasteiger partial charge is 0.336 e. The van der Waals surface area contributed by atoms with Gasteiger partial charge >= 0.3 is 0 Å². The summed E-state index contributed by atoms with van der Waals surface area (Å²) in [5.74, 6) is 0.726. The maximum absolute atomic E-state index is 5.84. The number of imidazole rings is 1. The van der Waals surface area contributed by atoms with Crippen molar-refractivity contribution in [3.8, 4) is 0 Å². The lowest BCUT2D eigenvalue weighted by atomic mass is 10.3. The zero-order valence-corrected chi connectivity index (χ0v) is 11.0. The Morgan fingerprint density at radius 2 is 2.00 bits per heavy atom. The van der Waals surface area contributed by atoms with Gasteiger partial charge in [-0.15, -0.1) is 0 Å². The fourth-order valence-corrected chi connectivity index (χ4v) is 1.90. The number of fused-ring (bicyclic) bond motifs is 1. The number of halogens is 1. The summed E-state index contributed by atoms with van der Waals surface area (Å²) in [4.78, 5) is 16.3. The molecule has 94 valence electrons. The zero-order chi connectivity index (χ0) is 13.2. The van der Waals surface area contributed by atoms with Gasteiger partial charge < -0.3 is 4.98 Å². The van der Waals surface area contributed by atoms with Crippen molar-refractivity contribution in [2.45, 2.75) is 6.92 Å². The third-order valence-corrected chi connectivity index (χ3v) is 2.98. The molecule has 1 N–H and O–H groups in total. The Bertz CT molecular complexity index is 710. The number of nitrogens with one attached hydrogen (secondary N) is 1. The lowest BCUT2D eigenvalue weighted by Gasteiger charge is -1.97. The summed E-state index contributed by atoms with van der Waals surface area (Å²) < 4.78 is 0. The van der Waals surface area contributed by atoms with Gasteiger partial charge in [0.15, 0.2) is 11.5 Å². The van der Waals surface area contributed by atoms with Crippen LogP contribution < -0.4 is 0 Å². The third-order valence-electron chi connectivity index (χ3n) is 2.72. The molecule has 0 aliphatic carbocycles. The van der Waals surface area contributed by atoms with Gasteiger partial charge in [0.25, 0.3) is 0 Å². The van der Waals surface area contributed by atoms with Crippen molar-refractivity contribution >= 4 is 34.2 Å². The lowest BCUT2D eigenvalue weighted by Crippen LogP contribution is -1.96. The van der Waals surface area contributed by atoms with Crippen LogP contribution in [0.15, 0.2) is 47.6 Å². The van der Waals surface area contributed by atoms with E-state index in [0.29, 0.717) is 10.7 Å². The summed E-state index contributed by atoms with van der Waals surface area (Å²) in [6.45, 7) is 1.91. The van der Waals surface area contributed by atoms with Crippen molar-refractivity contribution in [2.24, 2.45) is 4.99 Å². The molecule has 4 nitrogen and oxygen atoms in total. The van der Waals surface area contributed by atoms with Crippen LogP contribution in [0.25, 0.3) is 11.2 Å². The van der Waals surface area contributed by atoms with Crippen LogP contribution in [0.2, 0.25) is 5.02 Å². The van der Waals surface area contributed by atoms with E-state index in [4.69, 9.17) is 11.6 Å². The fraction of sp³-hybridized carbons (Fsp3) is 0.0714. The van der Waals surface area contributed by atoms with E-state index in [-0.39, 0.29) is 0 Å². The first kappa shape index (κ1) is 11.9. The van der Waals surface area contributed by atoms with Crippen LogP contribution in [0, 0.1) is 0 Å². The highest BCUT2D eigenvalue weighted by molar-refractivity contribution is 6.30. The maximum atomic E-state index is 5.84. The summed E-state index contributed by atoms with van der Waals surface area (Å²) in [6.07, 6.45) is 1.72. The molecular weight excluding hydrogens is 260 g/mol. The zero-order valence-electron chi connectivity index (χ0n) is 10.3. The Labute approximate surface area is 115 Å². The first-order valence-corrected chi connectivity index (χ1v) is 6.22. The first-order chi connectivity index (χ1) is 9.22. The smallest absolute Gasteiger partial charge is 0.178 e. The van der Waals surface area contributed by atoms with Crippen molar-refractivity contribution in [2.75, 3.05) is 0 Å². The molecular formula is C14H11ClN4. The summed E-state index contributed by atoms with van der Waals surface area (Å²) in [5.41, 5.74) is 3.25. The Kier molecular flexibility index (Phi) is 3.01. The molecule has 0 aliphatic rings. The average Bonchev–Trinajstić information content (AvgIpc) is 2.85. The molecule has 0 aliphatic heterocycles. The van der Waals surface area contributed by atoms with E-state index < -0.39 is 0 Å². The molecule has 5 heteroatoms. The molecule has 0 atom stereocenters. The number of pyridine rings is 1. The van der Waals surface area contributed by atoms with E-state index in [1.165, 1.54) is 0 Å². The SMILES string of the molecule is CC(=Nc1ccc(Cl)cc1)c1nc2ncccc2[nH]1. The van der Waals surface area contributed by atoms with Crippen molar-refractivity contribution in [1.29, 1.82) is 0 Å². The molecule has 0 saturated heterocycles. The number of aromatic nitrogens is 3. The number of hydrogen-bond acceptors (Lipinski definition) is 3. The number of benzene rings is 1. The second-order valence-corrected chi connectivity index (χ2v) is 4.57. The van der Waals surface area contributed by atoms with E-state index in [9.17, 15) is 0 Å². The van der Waals surface area contributed by atoms with Gasteiger partial charge in [-0.2, -0.15) is 0 Å². The van der Waals surface area contributed by atoms with Crippen LogP contribution in [0.3, 0.4) is 0 Å². The van der Waals surface area contributed by atoms with Crippen LogP contribution in [-0.2, 0) is 0 Å². The summed E-state index contributed by atoms with van der Waals surface area (Å²) >= 11 is 5.84. The molecule has 2 heterocycles. The third kappa shape index (κ3) is 2.48. The summed E-state index contributed by atoms with van der Waals surface area (Å²) in [7, 11) is 0. The minimum atomic E-state index is 0.697. The van der Waals surface area contributed by atoms with Gasteiger partial charge in [-0.1, -0.05) is 11.6 Å². The van der Waals surface area contributed by atoms with E-state index in [1.807, 2.05) is 43.3 Å². The topological polar surface area (TPSA) is 53.9 Å². The number of nitrogens with zero attached hydrogens (tertiary/aromatic N) is 3. The number of aromatic amines is 1. The number of H-pyrrole nitrogens is 1. The predicted octanol–water partition coefficient (Wildman–Crippen LogP) is 3.75. The minimum absolute atomic E-state index is 0.697.